The molecule has 0 radical (unpaired) electrons. The Labute approximate surface area is 185 Å². The van der Waals surface area contributed by atoms with E-state index in [1.807, 2.05) is 23.1 Å². The molecule has 2 aliphatic rings. The summed E-state index contributed by atoms with van der Waals surface area (Å²) in [6.45, 7) is 4.65. The summed E-state index contributed by atoms with van der Waals surface area (Å²) in [5.41, 5.74) is 0.232. The van der Waals surface area contributed by atoms with Gasteiger partial charge in [-0.05, 0) is 36.0 Å². The first kappa shape index (κ1) is 21.9. The van der Waals surface area contributed by atoms with E-state index in [4.69, 9.17) is 9.47 Å². The number of nitrogens with zero attached hydrogens (tertiary/aromatic N) is 3. The second kappa shape index (κ2) is 9.02. The molecule has 0 N–H and O–H groups in total. The third-order valence-corrected chi connectivity index (χ3v) is 6.66. The van der Waals surface area contributed by atoms with Crippen molar-refractivity contribution in [2.75, 3.05) is 6.79 Å². The Morgan fingerprint density at radius 3 is 2.75 bits per heavy atom. The average molecular weight is 441 g/mol. The second-order valence-corrected chi connectivity index (χ2v) is 8.65. The first-order chi connectivity index (χ1) is 15.3. The number of hydrogen-bond donors (Lipinski definition) is 0. The van der Waals surface area contributed by atoms with Gasteiger partial charge in [-0.1, -0.05) is 32.8 Å². The smallest absolute Gasteiger partial charge is 0.285 e. The van der Waals surface area contributed by atoms with Crippen molar-refractivity contribution in [2.45, 2.75) is 52.2 Å². The molecule has 170 valence electrons. The Morgan fingerprint density at radius 1 is 1.19 bits per heavy atom. The molecule has 1 aliphatic carbocycles. The van der Waals surface area contributed by atoms with Gasteiger partial charge in [0.05, 0.1) is 11.1 Å². The van der Waals surface area contributed by atoms with Crippen LogP contribution in [0.4, 0.5) is 5.69 Å². The summed E-state index contributed by atoms with van der Waals surface area (Å²) in [5.74, 6) is 1.85. The van der Waals surface area contributed by atoms with E-state index in [1.54, 1.807) is 0 Å². The molecule has 32 heavy (non-hydrogen) atoms. The maximum absolute atomic E-state index is 13.5. The third kappa shape index (κ3) is 4.46. The lowest BCUT2D eigenvalue weighted by Crippen LogP contribution is -2.48. The predicted molar refractivity (Wildman–Crippen MR) is 116 cm³/mol. The number of hydrogen-bond acceptors (Lipinski definition) is 6. The molecule has 0 saturated heterocycles. The highest BCUT2D eigenvalue weighted by Crippen LogP contribution is 2.36. The highest BCUT2D eigenvalue weighted by molar-refractivity contribution is 5.76. The van der Waals surface area contributed by atoms with Gasteiger partial charge in [-0.15, -0.1) is 0 Å². The topological polar surface area (TPSA) is 104 Å². The van der Waals surface area contributed by atoms with Gasteiger partial charge >= 0.3 is 0 Å². The van der Waals surface area contributed by atoms with Crippen molar-refractivity contribution in [3.63, 3.8) is 0 Å². The number of nitro groups is 1. The predicted octanol–water partition coefficient (Wildman–Crippen LogP) is 3.34. The van der Waals surface area contributed by atoms with Crippen molar-refractivity contribution < 1.29 is 19.2 Å². The number of fused-ring (bicyclic) bond motifs is 1. The van der Waals surface area contributed by atoms with Gasteiger partial charge in [-0.3, -0.25) is 24.3 Å². The molecule has 1 aliphatic heterocycles. The van der Waals surface area contributed by atoms with E-state index in [0.29, 0.717) is 29.9 Å². The number of amides is 1. The standard InChI is InChI=1S/C23H27N3O6/c1-15-4-3-5-19(16(15)2)25(11-17-6-8-20-21(10-17)32-14-31-20)23(28)13-24-12-18(26(29)30)7-9-22(24)27/h6-10,12,15-16,19H,3-5,11,13-14H2,1-2H3. The summed E-state index contributed by atoms with van der Waals surface area (Å²) >= 11 is 0. The van der Waals surface area contributed by atoms with Crippen LogP contribution in [0.25, 0.3) is 0 Å². The molecule has 9 nitrogen and oxygen atoms in total. The third-order valence-electron chi connectivity index (χ3n) is 6.66. The van der Waals surface area contributed by atoms with Crippen molar-refractivity contribution >= 4 is 11.6 Å². The van der Waals surface area contributed by atoms with Gasteiger partial charge in [0.15, 0.2) is 11.5 Å². The normalized spacial score (nSPS) is 21.9. The van der Waals surface area contributed by atoms with E-state index in [2.05, 4.69) is 13.8 Å². The van der Waals surface area contributed by atoms with Crippen LogP contribution in [0, 0.1) is 22.0 Å². The Bertz CT molecular complexity index is 1080. The Kier molecular flexibility index (Phi) is 6.16. The van der Waals surface area contributed by atoms with Crippen LogP contribution in [0.5, 0.6) is 11.5 Å². The van der Waals surface area contributed by atoms with Gasteiger partial charge < -0.3 is 14.4 Å². The monoisotopic (exact) mass is 441 g/mol. The van der Waals surface area contributed by atoms with Gasteiger partial charge in [0, 0.05) is 24.7 Å². The van der Waals surface area contributed by atoms with Crippen molar-refractivity contribution in [2.24, 2.45) is 11.8 Å². The minimum atomic E-state index is -0.574. The molecule has 1 amide bonds. The van der Waals surface area contributed by atoms with Crippen LogP contribution in [-0.4, -0.2) is 33.1 Å². The van der Waals surface area contributed by atoms with Crippen molar-refractivity contribution in [3.05, 3.63) is 62.6 Å². The molecule has 1 saturated carbocycles. The van der Waals surface area contributed by atoms with Gasteiger partial charge in [-0.2, -0.15) is 0 Å². The van der Waals surface area contributed by atoms with Crippen molar-refractivity contribution in [1.82, 2.24) is 9.47 Å². The number of carbonyl (C=O) groups excluding carboxylic acids is 1. The Balaban J connectivity index is 1.62. The largest absolute Gasteiger partial charge is 0.454 e. The van der Waals surface area contributed by atoms with Gasteiger partial charge in [0.2, 0.25) is 12.7 Å². The maximum Gasteiger partial charge on any atom is 0.285 e. The number of pyridine rings is 1. The fourth-order valence-electron chi connectivity index (χ4n) is 4.61. The molecule has 1 fully saturated rings. The highest BCUT2D eigenvalue weighted by Gasteiger charge is 2.34. The van der Waals surface area contributed by atoms with Crippen molar-refractivity contribution in [1.29, 1.82) is 0 Å². The molecule has 3 atom stereocenters. The van der Waals surface area contributed by atoms with E-state index in [0.717, 1.165) is 47.7 Å². The lowest BCUT2D eigenvalue weighted by molar-refractivity contribution is -0.385. The summed E-state index contributed by atoms with van der Waals surface area (Å²) in [7, 11) is 0. The zero-order chi connectivity index (χ0) is 22.8. The summed E-state index contributed by atoms with van der Waals surface area (Å²) in [6, 6.07) is 7.91. The van der Waals surface area contributed by atoms with Crippen LogP contribution < -0.4 is 15.0 Å². The number of aromatic nitrogens is 1. The quantitative estimate of drug-likeness (QED) is 0.503. The molecule has 0 spiro atoms. The second-order valence-electron chi connectivity index (χ2n) is 8.65. The highest BCUT2D eigenvalue weighted by atomic mass is 16.7. The van der Waals surface area contributed by atoms with Crippen LogP contribution in [0.2, 0.25) is 0 Å². The van der Waals surface area contributed by atoms with Crippen LogP contribution in [-0.2, 0) is 17.9 Å². The van der Waals surface area contributed by atoms with E-state index in [9.17, 15) is 19.7 Å². The fraction of sp³-hybridized carbons (Fsp3) is 0.478. The molecule has 1 aromatic carbocycles. The summed E-state index contributed by atoms with van der Waals surface area (Å²) in [4.78, 5) is 38.1. The van der Waals surface area contributed by atoms with Gasteiger partial charge in [0.1, 0.15) is 6.54 Å². The zero-order valence-corrected chi connectivity index (χ0v) is 18.2. The molecule has 0 bridgehead atoms. The number of ether oxygens (including phenoxy) is 2. The van der Waals surface area contributed by atoms with E-state index >= 15 is 0 Å². The van der Waals surface area contributed by atoms with Gasteiger partial charge in [0.25, 0.3) is 11.2 Å². The van der Waals surface area contributed by atoms with Crippen LogP contribution >= 0.6 is 0 Å². The number of carbonyl (C=O) groups is 1. The molecule has 9 heteroatoms. The number of benzene rings is 1. The molecular weight excluding hydrogens is 414 g/mol. The SMILES string of the molecule is CC1CCCC(N(Cc2ccc3c(c2)OCO3)C(=O)Cn2cc([N+](=O)[O-])ccc2=O)C1C. The number of rotatable bonds is 6. The van der Waals surface area contributed by atoms with Crippen LogP contribution in [0.1, 0.15) is 38.7 Å². The van der Waals surface area contributed by atoms with Crippen LogP contribution in [0.3, 0.4) is 0 Å². The van der Waals surface area contributed by atoms with E-state index in [-0.39, 0.29) is 31.0 Å². The Hall–Kier alpha value is -3.36. The lowest BCUT2D eigenvalue weighted by atomic mass is 9.77. The van der Waals surface area contributed by atoms with E-state index < -0.39 is 10.5 Å². The molecule has 2 aromatic rings. The first-order valence-electron chi connectivity index (χ1n) is 10.9. The van der Waals surface area contributed by atoms with E-state index in [1.165, 1.54) is 0 Å². The summed E-state index contributed by atoms with van der Waals surface area (Å²) in [6.07, 6.45) is 4.16. The minimum Gasteiger partial charge on any atom is -0.454 e. The minimum absolute atomic E-state index is 0.0195. The molecule has 4 rings (SSSR count). The van der Waals surface area contributed by atoms with Crippen LogP contribution in [0.15, 0.2) is 41.3 Å². The Morgan fingerprint density at radius 2 is 1.97 bits per heavy atom. The molecule has 2 heterocycles. The zero-order valence-electron chi connectivity index (χ0n) is 18.2. The first-order valence-corrected chi connectivity index (χ1v) is 10.9. The summed E-state index contributed by atoms with van der Waals surface area (Å²) in [5, 5.41) is 11.1. The van der Waals surface area contributed by atoms with Crippen molar-refractivity contribution in [3.8, 4) is 11.5 Å². The molecule has 3 unspecified atom stereocenters. The van der Waals surface area contributed by atoms with Gasteiger partial charge in [-0.25, -0.2) is 0 Å². The lowest BCUT2D eigenvalue weighted by Gasteiger charge is -2.42. The maximum atomic E-state index is 13.5. The summed E-state index contributed by atoms with van der Waals surface area (Å²) < 4.78 is 12.0. The molecular formula is C23H27N3O6. The molecule has 1 aromatic heterocycles. The fourth-order valence-corrected chi connectivity index (χ4v) is 4.61. The average Bonchev–Trinajstić information content (AvgIpc) is 3.23.